The number of aliphatic hydroxyl groups is 1. The van der Waals surface area contributed by atoms with Gasteiger partial charge in [0, 0.05) is 5.56 Å². The van der Waals surface area contributed by atoms with Crippen molar-refractivity contribution in [3.8, 4) is 0 Å². The van der Waals surface area contributed by atoms with Gasteiger partial charge in [-0.25, -0.2) is 0 Å². The first-order valence-corrected chi connectivity index (χ1v) is 6.79. The second-order valence-electron chi connectivity index (χ2n) is 5.14. The number of benzene rings is 2. The predicted molar refractivity (Wildman–Crippen MR) is 76.2 cm³/mol. The van der Waals surface area contributed by atoms with Crippen LogP contribution in [-0.4, -0.2) is 18.3 Å². The van der Waals surface area contributed by atoms with Crippen LogP contribution in [-0.2, 0) is 15.1 Å². The van der Waals surface area contributed by atoms with Gasteiger partial charge < -0.3 is 14.6 Å². The highest BCUT2D eigenvalue weighted by Crippen LogP contribution is 2.32. The fourth-order valence-electron chi connectivity index (χ4n) is 2.47. The third-order valence-electron chi connectivity index (χ3n) is 3.68. The maximum atomic E-state index is 10.8. The molecule has 104 valence electrons. The van der Waals surface area contributed by atoms with Gasteiger partial charge in [-0.15, -0.1) is 0 Å². The third-order valence-corrected chi connectivity index (χ3v) is 3.68. The molecule has 1 atom stereocenters. The summed E-state index contributed by atoms with van der Waals surface area (Å²) in [6.45, 7) is 3.03. The second-order valence-corrected chi connectivity index (χ2v) is 5.14. The molecule has 3 rings (SSSR count). The smallest absolute Gasteiger partial charge is 0.184 e. The van der Waals surface area contributed by atoms with Crippen LogP contribution in [0.5, 0.6) is 0 Å². The monoisotopic (exact) mass is 270 g/mol. The summed E-state index contributed by atoms with van der Waals surface area (Å²) in [5.74, 6) is 0. The molecule has 0 amide bonds. The normalized spacial score (nSPS) is 18.9. The van der Waals surface area contributed by atoms with Crippen molar-refractivity contribution in [3.05, 3.63) is 71.3 Å². The summed E-state index contributed by atoms with van der Waals surface area (Å²) in [5, 5.41) is 10.8. The molecule has 2 aromatic rings. The summed E-state index contributed by atoms with van der Waals surface area (Å²) < 4.78 is 11.0. The maximum absolute atomic E-state index is 10.8. The summed E-state index contributed by atoms with van der Waals surface area (Å²) in [6.07, 6.45) is -0.318. The van der Waals surface area contributed by atoms with E-state index in [2.05, 4.69) is 0 Å². The topological polar surface area (TPSA) is 38.7 Å². The van der Waals surface area contributed by atoms with Gasteiger partial charge in [0.1, 0.15) is 5.60 Å². The molecule has 3 heteroatoms. The zero-order valence-corrected chi connectivity index (χ0v) is 11.5. The van der Waals surface area contributed by atoms with Crippen molar-refractivity contribution in [2.75, 3.05) is 13.2 Å². The highest BCUT2D eigenvalue weighted by Gasteiger charge is 2.27. The number of ether oxygens (including phenoxy) is 2. The average molecular weight is 270 g/mol. The first kappa shape index (κ1) is 13.3. The van der Waals surface area contributed by atoms with E-state index >= 15 is 0 Å². The molecule has 1 aliphatic heterocycles. The molecule has 1 aliphatic rings. The molecule has 0 aliphatic carbocycles. The summed E-state index contributed by atoms with van der Waals surface area (Å²) in [7, 11) is 0. The predicted octanol–water partition coefficient (Wildman–Crippen LogP) is 2.99. The van der Waals surface area contributed by atoms with Gasteiger partial charge in [-0.2, -0.15) is 0 Å². The molecule has 0 saturated carbocycles. The highest BCUT2D eigenvalue weighted by molar-refractivity contribution is 5.37. The Morgan fingerprint density at radius 3 is 2.30 bits per heavy atom. The Hall–Kier alpha value is -1.68. The first-order chi connectivity index (χ1) is 9.68. The molecule has 0 radical (unpaired) electrons. The molecule has 0 aromatic heterocycles. The van der Waals surface area contributed by atoms with Gasteiger partial charge in [0.05, 0.1) is 13.2 Å². The lowest BCUT2D eigenvalue weighted by molar-refractivity contribution is -0.0443. The van der Waals surface area contributed by atoms with E-state index in [0.717, 1.165) is 16.7 Å². The van der Waals surface area contributed by atoms with Crippen molar-refractivity contribution in [1.29, 1.82) is 0 Å². The fraction of sp³-hybridized carbons (Fsp3) is 0.294. The van der Waals surface area contributed by atoms with E-state index in [4.69, 9.17) is 9.47 Å². The summed E-state index contributed by atoms with van der Waals surface area (Å²) >= 11 is 0. The molecule has 0 bridgehead atoms. The van der Waals surface area contributed by atoms with Crippen LogP contribution < -0.4 is 0 Å². The van der Waals surface area contributed by atoms with E-state index in [0.29, 0.717) is 13.2 Å². The van der Waals surface area contributed by atoms with Crippen LogP contribution in [0.15, 0.2) is 54.6 Å². The lowest BCUT2D eigenvalue weighted by atomic mass is 9.87. The number of hydrogen-bond acceptors (Lipinski definition) is 3. The van der Waals surface area contributed by atoms with Crippen LogP contribution >= 0.6 is 0 Å². The molecule has 1 heterocycles. The van der Waals surface area contributed by atoms with Gasteiger partial charge in [0.2, 0.25) is 0 Å². The molecule has 3 nitrogen and oxygen atoms in total. The van der Waals surface area contributed by atoms with Gasteiger partial charge in [0.15, 0.2) is 6.29 Å². The molecule has 1 saturated heterocycles. The molecule has 0 spiro atoms. The Morgan fingerprint density at radius 2 is 1.60 bits per heavy atom. The highest BCUT2D eigenvalue weighted by atomic mass is 16.7. The fourth-order valence-corrected chi connectivity index (χ4v) is 2.47. The Kier molecular flexibility index (Phi) is 3.57. The van der Waals surface area contributed by atoms with E-state index in [1.165, 1.54) is 0 Å². The van der Waals surface area contributed by atoms with Crippen molar-refractivity contribution in [2.45, 2.75) is 18.8 Å². The third kappa shape index (κ3) is 2.48. The molecule has 20 heavy (non-hydrogen) atoms. The van der Waals surface area contributed by atoms with E-state index in [1.54, 1.807) is 6.92 Å². The van der Waals surface area contributed by atoms with Gasteiger partial charge in [-0.1, -0.05) is 48.5 Å². The maximum Gasteiger partial charge on any atom is 0.184 e. The SMILES string of the molecule is CC(O)(c1ccccc1)c1cccc(C2OCCO2)c1. The van der Waals surface area contributed by atoms with E-state index in [-0.39, 0.29) is 6.29 Å². The summed E-state index contributed by atoms with van der Waals surface area (Å²) in [5.41, 5.74) is 1.61. The molecular formula is C17H18O3. The molecular weight excluding hydrogens is 252 g/mol. The first-order valence-electron chi connectivity index (χ1n) is 6.79. The van der Waals surface area contributed by atoms with Crippen LogP contribution in [0.3, 0.4) is 0 Å². The van der Waals surface area contributed by atoms with Crippen molar-refractivity contribution < 1.29 is 14.6 Å². The Labute approximate surface area is 118 Å². The summed E-state index contributed by atoms with van der Waals surface area (Å²) in [4.78, 5) is 0. The van der Waals surface area contributed by atoms with Crippen LogP contribution in [0.2, 0.25) is 0 Å². The minimum Gasteiger partial charge on any atom is -0.381 e. The standard InChI is InChI=1S/C17H18O3/c1-17(18,14-7-3-2-4-8-14)15-9-5-6-13(12-15)16-19-10-11-20-16/h2-9,12,16,18H,10-11H2,1H3. The zero-order chi connectivity index (χ0) is 14.0. The van der Waals surface area contributed by atoms with Crippen molar-refractivity contribution >= 4 is 0 Å². The molecule has 1 N–H and O–H groups in total. The number of rotatable bonds is 3. The average Bonchev–Trinajstić information content (AvgIpc) is 3.03. The zero-order valence-electron chi connectivity index (χ0n) is 11.5. The van der Waals surface area contributed by atoms with Gasteiger partial charge in [0.25, 0.3) is 0 Å². The van der Waals surface area contributed by atoms with Crippen molar-refractivity contribution in [3.63, 3.8) is 0 Å². The van der Waals surface area contributed by atoms with Gasteiger partial charge >= 0.3 is 0 Å². The summed E-state index contributed by atoms with van der Waals surface area (Å²) in [6, 6.07) is 17.4. The number of hydrogen-bond donors (Lipinski definition) is 1. The van der Waals surface area contributed by atoms with E-state index < -0.39 is 5.60 Å². The Bertz CT molecular complexity index is 572. The quantitative estimate of drug-likeness (QED) is 0.932. The van der Waals surface area contributed by atoms with Crippen molar-refractivity contribution in [1.82, 2.24) is 0 Å². The Morgan fingerprint density at radius 1 is 0.950 bits per heavy atom. The van der Waals surface area contributed by atoms with Gasteiger partial charge in [-0.3, -0.25) is 0 Å². The van der Waals surface area contributed by atoms with E-state index in [9.17, 15) is 5.11 Å². The van der Waals surface area contributed by atoms with Crippen LogP contribution in [0.4, 0.5) is 0 Å². The van der Waals surface area contributed by atoms with Crippen molar-refractivity contribution in [2.24, 2.45) is 0 Å². The van der Waals surface area contributed by atoms with Crippen LogP contribution in [0, 0.1) is 0 Å². The molecule has 2 aromatic carbocycles. The second kappa shape index (κ2) is 5.37. The minimum absolute atomic E-state index is 0.318. The Balaban J connectivity index is 1.95. The van der Waals surface area contributed by atoms with Crippen LogP contribution in [0.1, 0.15) is 29.9 Å². The molecule has 1 fully saturated rings. The minimum atomic E-state index is -1.03. The van der Waals surface area contributed by atoms with Gasteiger partial charge in [-0.05, 0) is 24.1 Å². The van der Waals surface area contributed by atoms with E-state index in [1.807, 2.05) is 54.6 Å². The molecule has 1 unspecified atom stereocenters. The van der Waals surface area contributed by atoms with Crippen LogP contribution in [0.25, 0.3) is 0 Å². The lowest BCUT2D eigenvalue weighted by Gasteiger charge is -2.25. The lowest BCUT2D eigenvalue weighted by Crippen LogP contribution is -2.23. The largest absolute Gasteiger partial charge is 0.381 e.